The van der Waals surface area contributed by atoms with Crippen LogP contribution in [0.25, 0.3) is 0 Å². The monoisotopic (exact) mass is 306 g/mol. The maximum absolute atomic E-state index is 10.8. The topological polar surface area (TPSA) is 98.0 Å². The second-order valence-corrected chi connectivity index (χ2v) is 7.42. The normalized spacial score (nSPS) is 12.5. The number of sulfonamides is 1. The minimum Gasteiger partial charge on any atom is -0.370 e. The van der Waals surface area contributed by atoms with Crippen LogP contribution in [0.5, 0.6) is 0 Å². The van der Waals surface area contributed by atoms with E-state index in [9.17, 15) is 8.42 Å². The molecule has 1 rings (SSSR count). The third-order valence-corrected chi connectivity index (χ3v) is 3.33. The average Bonchev–Trinajstić information content (AvgIpc) is 2.21. The summed E-state index contributed by atoms with van der Waals surface area (Å²) in [6.45, 7) is 6.42. The number of halogens is 1. The summed E-state index contributed by atoms with van der Waals surface area (Å²) >= 11 is 5.93. The summed E-state index contributed by atoms with van der Waals surface area (Å²) in [4.78, 5) is 8.52. The van der Waals surface area contributed by atoms with Gasteiger partial charge in [-0.3, -0.25) is 0 Å². The van der Waals surface area contributed by atoms with Crippen LogP contribution in [0.4, 0.5) is 5.82 Å². The first kappa shape index (κ1) is 16.1. The summed E-state index contributed by atoms with van der Waals surface area (Å²) in [5.41, 5.74) is -0.206. The van der Waals surface area contributed by atoms with Gasteiger partial charge in [0.2, 0.25) is 10.0 Å². The molecule has 19 heavy (non-hydrogen) atoms. The van der Waals surface area contributed by atoms with Gasteiger partial charge in [0.05, 0.1) is 5.75 Å². The Hall–Kier alpha value is -0.920. The Morgan fingerprint density at radius 2 is 2.00 bits per heavy atom. The molecule has 0 saturated heterocycles. The predicted molar refractivity (Wildman–Crippen MR) is 76.8 cm³/mol. The number of hydrogen-bond acceptors (Lipinski definition) is 5. The van der Waals surface area contributed by atoms with E-state index >= 15 is 0 Å². The van der Waals surface area contributed by atoms with Crippen LogP contribution in [0.2, 0.25) is 5.15 Å². The molecule has 0 unspecified atom stereocenters. The van der Waals surface area contributed by atoms with E-state index < -0.39 is 10.0 Å². The van der Waals surface area contributed by atoms with Crippen molar-refractivity contribution in [1.29, 1.82) is 0 Å². The number of anilines is 1. The van der Waals surface area contributed by atoms with Gasteiger partial charge in [-0.1, -0.05) is 32.4 Å². The van der Waals surface area contributed by atoms with Crippen LogP contribution in [0.15, 0.2) is 6.07 Å². The molecule has 0 atom stereocenters. The summed E-state index contributed by atoms with van der Waals surface area (Å²) in [5, 5.41) is 8.29. The second-order valence-electron chi connectivity index (χ2n) is 5.30. The van der Waals surface area contributed by atoms with Crippen LogP contribution in [0.3, 0.4) is 0 Å². The molecule has 0 amide bonds. The van der Waals surface area contributed by atoms with Crippen LogP contribution in [0, 0.1) is 0 Å². The average molecular weight is 307 g/mol. The van der Waals surface area contributed by atoms with E-state index in [0.29, 0.717) is 29.8 Å². The molecule has 0 fully saturated rings. The minimum atomic E-state index is -3.42. The van der Waals surface area contributed by atoms with E-state index in [1.165, 1.54) is 0 Å². The molecule has 0 radical (unpaired) electrons. The lowest BCUT2D eigenvalue weighted by Gasteiger charge is -2.17. The first-order chi connectivity index (χ1) is 8.58. The molecular weight excluding hydrogens is 288 g/mol. The van der Waals surface area contributed by atoms with Gasteiger partial charge in [0.1, 0.15) is 16.8 Å². The Bertz CT molecular complexity index is 540. The van der Waals surface area contributed by atoms with Crippen molar-refractivity contribution in [2.24, 2.45) is 5.14 Å². The fourth-order valence-corrected chi connectivity index (χ4v) is 2.06. The van der Waals surface area contributed by atoms with Gasteiger partial charge >= 0.3 is 0 Å². The van der Waals surface area contributed by atoms with E-state index in [1.807, 2.05) is 20.8 Å². The number of rotatable bonds is 5. The number of hydrogen-bond donors (Lipinski definition) is 2. The van der Waals surface area contributed by atoms with Gasteiger partial charge in [0.25, 0.3) is 0 Å². The number of aromatic nitrogens is 2. The molecule has 0 saturated carbocycles. The molecule has 1 aromatic heterocycles. The van der Waals surface area contributed by atoms with Gasteiger partial charge in [-0.15, -0.1) is 0 Å². The van der Waals surface area contributed by atoms with E-state index in [0.717, 1.165) is 0 Å². The number of primary sulfonamides is 1. The standard InChI is InChI=1S/C11H19ClN4O2S/c1-11(2,3)10-15-8(12)7-9(16-10)14-5-4-6-19(13,17)18/h7H,4-6H2,1-3H3,(H2,13,17,18)(H,14,15,16). The highest BCUT2D eigenvalue weighted by Crippen LogP contribution is 2.22. The summed E-state index contributed by atoms with van der Waals surface area (Å²) < 4.78 is 21.6. The smallest absolute Gasteiger partial charge is 0.209 e. The van der Waals surface area contributed by atoms with Crippen molar-refractivity contribution in [3.63, 3.8) is 0 Å². The van der Waals surface area contributed by atoms with Crippen molar-refractivity contribution in [2.45, 2.75) is 32.6 Å². The molecule has 0 aliphatic carbocycles. The lowest BCUT2D eigenvalue weighted by Crippen LogP contribution is -2.20. The first-order valence-corrected chi connectivity index (χ1v) is 7.97. The predicted octanol–water partition coefficient (Wildman–Crippen LogP) is 1.52. The highest BCUT2D eigenvalue weighted by molar-refractivity contribution is 7.89. The molecule has 0 aromatic carbocycles. The van der Waals surface area contributed by atoms with Crippen LogP contribution in [-0.4, -0.2) is 30.7 Å². The van der Waals surface area contributed by atoms with Crippen molar-refractivity contribution in [2.75, 3.05) is 17.6 Å². The van der Waals surface area contributed by atoms with E-state index in [1.54, 1.807) is 6.07 Å². The van der Waals surface area contributed by atoms with Crippen molar-refractivity contribution >= 4 is 27.4 Å². The van der Waals surface area contributed by atoms with Crippen molar-refractivity contribution in [3.8, 4) is 0 Å². The Labute approximate surface area is 118 Å². The third-order valence-electron chi connectivity index (χ3n) is 2.28. The van der Waals surface area contributed by atoms with Crippen LogP contribution in [0.1, 0.15) is 33.0 Å². The molecule has 1 aromatic rings. The third kappa shape index (κ3) is 6.17. The van der Waals surface area contributed by atoms with Crippen LogP contribution in [-0.2, 0) is 15.4 Å². The molecule has 6 nitrogen and oxygen atoms in total. The number of nitrogens with zero attached hydrogens (tertiary/aromatic N) is 2. The molecule has 0 aliphatic heterocycles. The maximum atomic E-state index is 10.8. The molecule has 1 heterocycles. The lowest BCUT2D eigenvalue weighted by atomic mass is 9.96. The summed E-state index contributed by atoms with van der Waals surface area (Å²) in [6.07, 6.45) is 0.408. The summed E-state index contributed by atoms with van der Waals surface area (Å²) in [6, 6.07) is 1.60. The van der Waals surface area contributed by atoms with Gasteiger partial charge in [0.15, 0.2) is 0 Å². The summed E-state index contributed by atoms with van der Waals surface area (Å²) in [5.74, 6) is 1.15. The Balaban J connectivity index is 2.67. The van der Waals surface area contributed by atoms with Gasteiger partial charge < -0.3 is 5.32 Å². The summed E-state index contributed by atoms with van der Waals surface area (Å²) in [7, 11) is -3.42. The molecule has 3 N–H and O–H groups in total. The minimum absolute atomic E-state index is 0.0645. The van der Waals surface area contributed by atoms with Gasteiger partial charge in [-0.25, -0.2) is 23.5 Å². The zero-order valence-electron chi connectivity index (χ0n) is 11.3. The zero-order chi connectivity index (χ0) is 14.7. The maximum Gasteiger partial charge on any atom is 0.209 e. The Kier molecular flexibility index (Phi) is 5.11. The first-order valence-electron chi connectivity index (χ1n) is 5.87. The van der Waals surface area contributed by atoms with Gasteiger partial charge in [-0.05, 0) is 6.42 Å². The largest absolute Gasteiger partial charge is 0.370 e. The molecule has 8 heteroatoms. The number of nitrogens with two attached hydrogens (primary N) is 1. The van der Waals surface area contributed by atoms with Crippen LogP contribution >= 0.6 is 11.6 Å². The second kappa shape index (κ2) is 6.02. The molecule has 108 valence electrons. The van der Waals surface area contributed by atoms with Crippen molar-refractivity contribution < 1.29 is 8.42 Å². The lowest BCUT2D eigenvalue weighted by molar-refractivity contribution is 0.546. The molecule has 0 aliphatic rings. The molecule has 0 bridgehead atoms. The SMILES string of the molecule is CC(C)(C)c1nc(Cl)cc(NCCCS(N)(=O)=O)n1. The van der Waals surface area contributed by atoms with E-state index in [2.05, 4.69) is 15.3 Å². The Morgan fingerprint density at radius 3 is 2.53 bits per heavy atom. The van der Waals surface area contributed by atoms with Crippen LogP contribution < -0.4 is 10.5 Å². The van der Waals surface area contributed by atoms with Crippen molar-refractivity contribution in [1.82, 2.24) is 9.97 Å². The fourth-order valence-electron chi connectivity index (χ4n) is 1.33. The fraction of sp³-hybridized carbons (Fsp3) is 0.636. The quantitative estimate of drug-likeness (QED) is 0.635. The molecular formula is C11H19ClN4O2S. The number of nitrogens with one attached hydrogen (secondary N) is 1. The van der Waals surface area contributed by atoms with Crippen molar-refractivity contribution in [3.05, 3.63) is 17.0 Å². The van der Waals surface area contributed by atoms with Gasteiger partial charge in [0, 0.05) is 18.0 Å². The zero-order valence-corrected chi connectivity index (χ0v) is 12.8. The van der Waals surface area contributed by atoms with Gasteiger partial charge in [-0.2, -0.15) is 0 Å². The highest BCUT2D eigenvalue weighted by Gasteiger charge is 2.18. The van der Waals surface area contributed by atoms with E-state index in [-0.39, 0.29) is 11.2 Å². The highest BCUT2D eigenvalue weighted by atomic mass is 35.5. The Morgan fingerprint density at radius 1 is 1.37 bits per heavy atom. The molecule has 0 spiro atoms. The van der Waals surface area contributed by atoms with E-state index in [4.69, 9.17) is 16.7 Å².